The zero-order chi connectivity index (χ0) is 19.8. The van der Waals surface area contributed by atoms with Crippen LogP contribution in [0.2, 0.25) is 5.02 Å². The van der Waals surface area contributed by atoms with Crippen LogP contribution in [0, 0.1) is 17.5 Å². The van der Waals surface area contributed by atoms with Gasteiger partial charge >= 0.3 is 0 Å². The summed E-state index contributed by atoms with van der Waals surface area (Å²) in [6, 6.07) is 6.62. The number of nitrogens with zero attached hydrogens (tertiary/aromatic N) is 3. The van der Waals surface area contributed by atoms with Gasteiger partial charge in [0.2, 0.25) is 17.6 Å². The van der Waals surface area contributed by atoms with E-state index in [-0.39, 0.29) is 35.6 Å². The second-order valence-corrected chi connectivity index (χ2v) is 6.85. The molecule has 5 nitrogen and oxygen atoms in total. The molecule has 1 atom stereocenters. The minimum atomic E-state index is -0.716. The molecule has 0 radical (unpaired) electrons. The van der Waals surface area contributed by atoms with E-state index < -0.39 is 23.5 Å². The highest BCUT2D eigenvalue weighted by Crippen LogP contribution is 2.34. The molecule has 1 amide bonds. The summed E-state index contributed by atoms with van der Waals surface area (Å²) in [6.45, 7) is 0.0122. The maximum atomic E-state index is 13.4. The summed E-state index contributed by atoms with van der Waals surface area (Å²) in [4.78, 5) is 18.0. The van der Waals surface area contributed by atoms with E-state index in [4.69, 9.17) is 16.1 Å². The monoisotopic (exact) mass is 407 g/mol. The minimum absolute atomic E-state index is 0.0122. The van der Waals surface area contributed by atoms with E-state index in [1.165, 1.54) is 35.2 Å². The predicted molar refractivity (Wildman–Crippen MR) is 93.6 cm³/mol. The lowest BCUT2D eigenvalue weighted by Crippen LogP contribution is -2.27. The number of benzene rings is 2. The number of likely N-dealkylation sites (tertiary alicyclic amines) is 1. The van der Waals surface area contributed by atoms with Crippen molar-refractivity contribution in [2.24, 2.45) is 0 Å². The van der Waals surface area contributed by atoms with E-state index in [0.29, 0.717) is 17.5 Å². The van der Waals surface area contributed by atoms with Crippen LogP contribution in [0.25, 0.3) is 11.4 Å². The van der Waals surface area contributed by atoms with Crippen molar-refractivity contribution >= 4 is 17.5 Å². The molecule has 1 saturated heterocycles. The Morgan fingerprint density at radius 2 is 1.89 bits per heavy atom. The average molecular weight is 408 g/mol. The van der Waals surface area contributed by atoms with Crippen molar-refractivity contribution < 1.29 is 22.5 Å². The first-order chi connectivity index (χ1) is 13.4. The number of hydrogen-bond acceptors (Lipinski definition) is 4. The van der Waals surface area contributed by atoms with Gasteiger partial charge in [0.15, 0.2) is 0 Å². The van der Waals surface area contributed by atoms with E-state index in [1.807, 2.05) is 0 Å². The number of aromatic nitrogens is 2. The topological polar surface area (TPSA) is 59.2 Å². The van der Waals surface area contributed by atoms with Crippen LogP contribution in [0.5, 0.6) is 0 Å². The molecule has 0 bridgehead atoms. The molecule has 3 aromatic rings. The highest BCUT2D eigenvalue weighted by molar-refractivity contribution is 6.31. The maximum absolute atomic E-state index is 13.4. The standard InChI is InChI=1S/C19H13ClF3N3O2/c20-14-7-11(1-2-15(14)23)18-24-19(28-25-18)16-3-4-17(27)26(16)9-10-5-12(21)8-13(22)6-10/h1-2,5-8,16H,3-4,9H2. The first kappa shape index (κ1) is 18.5. The predicted octanol–water partition coefficient (Wildman–Crippen LogP) is 4.67. The summed E-state index contributed by atoms with van der Waals surface area (Å²) in [6.07, 6.45) is 0.686. The number of hydrogen-bond donors (Lipinski definition) is 0. The molecule has 2 heterocycles. The zero-order valence-electron chi connectivity index (χ0n) is 14.3. The first-order valence-corrected chi connectivity index (χ1v) is 8.82. The number of carbonyl (C=O) groups excluding carboxylic acids is 1. The van der Waals surface area contributed by atoms with Gasteiger partial charge in [-0.05, 0) is 42.3 Å². The van der Waals surface area contributed by atoms with Gasteiger partial charge in [0, 0.05) is 24.6 Å². The van der Waals surface area contributed by atoms with Gasteiger partial charge in [-0.3, -0.25) is 4.79 Å². The molecule has 0 spiro atoms. The van der Waals surface area contributed by atoms with Gasteiger partial charge in [-0.25, -0.2) is 13.2 Å². The Bertz CT molecular complexity index is 1040. The van der Waals surface area contributed by atoms with Crippen molar-refractivity contribution in [3.63, 3.8) is 0 Å². The van der Waals surface area contributed by atoms with Gasteiger partial charge in [0.05, 0.1) is 5.02 Å². The van der Waals surface area contributed by atoms with Gasteiger partial charge < -0.3 is 9.42 Å². The molecule has 28 heavy (non-hydrogen) atoms. The molecular formula is C19H13ClF3N3O2. The lowest BCUT2D eigenvalue weighted by molar-refractivity contribution is -0.130. The van der Waals surface area contributed by atoms with E-state index in [1.54, 1.807) is 0 Å². The molecule has 1 aliphatic rings. The van der Waals surface area contributed by atoms with Crippen LogP contribution in [0.15, 0.2) is 40.9 Å². The summed E-state index contributed by atoms with van der Waals surface area (Å²) >= 11 is 5.78. The van der Waals surface area contributed by atoms with Gasteiger partial charge in [-0.2, -0.15) is 4.98 Å². The zero-order valence-corrected chi connectivity index (χ0v) is 15.1. The summed E-state index contributed by atoms with van der Waals surface area (Å²) in [7, 11) is 0. The molecule has 144 valence electrons. The van der Waals surface area contributed by atoms with Crippen molar-refractivity contribution in [2.45, 2.75) is 25.4 Å². The Kier molecular flexibility index (Phi) is 4.80. The van der Waals surface area contributed by atoms with Crippen LogP contribution < -0.4 is 0 Å². The Balaban J connectivity index is 1.60. The second kappa shape index (κ2) is 7.27. The third kappa shape index (κ3) is 3.60. The van der Waals surface area contributed by atoms with Crippen molar-refractivity contribution in [1.29, 1.82) is 0 Å². The number of rotatable bonds is 4. The third-order valence-electron chi connectivity index (χ3n) is 4.51. The number of amides is 1. The van der Waals surface area contributed by atoms with Crippen LogP contribution >= 0.6 is 11.6 Å². The Morgan fingerprint density at radius 1 is 1.14 bits per heavy atom. The summed E-state index contributed by atoms with van der Waals surface area (Å²) in [5.74, 6) is -1.78. The number of halogens is 4. The first-order valence-electron chi connectivity index (χ1n) is 8.44. The number of carbonyl (C=O) groups is 1. The molecule has 1 fully saturated rings. The van der Waals surface area contributed by atoms with Crippen molar-refractivity contribution in [3.8, 4) is 11.4 Å². The largest absolute Gasteiger partial charge is 0.337 e. The highest BCUT2D eigenvalue weighted by atomic mass is 35.5. The second-order valence-electron chi connectivity index (χ2n) is 6.44. The SMILES string of the molecule is O=C1CCC(c2nc(-c3ccc(F)c(Cl)c3)no2)N1Cc1cc(F)cc(F)c1. The van der Waals surface area contributed by atoms with Gasteiger partial charge in [0.25, 0.3) is 0 Å². The fraction of sp³-hybridized carbons (Fsp3) is 0.211. The molecule has 1 aromatic heterocycles. The maximum Gasteiger partial charge on any atom is 0.249 e. The van der Waals surface area contributed by atoms with Gasteiger partial charge in [-0.1, -0.05) is 16.8 Å². The van der Waals surface area contributed by atoms with Crippen LogP contribution in [-0.4, -0.2) is 20.9 Å². The Labute approximate surface area is 162 Å². The molecule has 1 unspecified atom stereocenters. The lowest BCUT2D eigenvalue weighted by Gasteiger charge is -2.22. The summed E-state index contributed by atoms with van der Waals surface area (Å²) in [5, 5.41) is 3.80. The van der Waals surface area contributed by atoms with Crippen molar-refractivity contribution in [1.82, 2.24) is 15.0 Å². The molecule has 2 aromatic carbocycles. The van der Waals surface area contributed by atoms with Crippen LogP contribution in [0.4, 0.5) is 13.2 Å². The Hall–Kier alpha value is -2.87. The van der Waals surface area contributed by atoms with Gasteiger partial charge in [-0.15, -0.1) is 0 Å². The average Bonchev–Trinajstić information content (AvgIpc) is 3.24. The van der Waals surface area contributed by atoms with E-state index in [0.717, 1.165) is 6.07 Å². The normalized spacial score (nSPS) is 16.8. The molecule has 0 aliphatic carbocycles. The van der Waals surface area contributed by atoms with E-state index in [9.17, 15) is 18.0 Å². The fourth-order valence-corrected chi connectivity index (χ4v) is 3.39. The van der Waals surface area contributed by atoms with Crippen LogP contribution in [0.3, 0.4) is 0 Å². The van der Waals surface area contributed by atoms with Crippen molar-refractivity contribution in [3.05, 3.63) is 70.3 Å². The van der Waals surface area contributed by atoms with Crippen molar-refractivity contribution in [2.75, 3.05) is 0 Å². The third-order valence-corrected chi connectivity index (χ3v) is 4.80. The van der Waals surface area contributed by atoms with Crippen LogP contribution in [-0.2, 0) is 11.3 Å². The molecular weight excluding hydrogens is 395 g/mol. The summed E-state index contributed by atoms with van der Waals surface area (Å²) < 4.78 is 45.5. The van der Waals surface area contributed by atoms with E-state index in [2.05, 4.69) is 10.1 Å². The quantitative estimate of drug-likeness (QED) is 0.630. The molecule has 0 N–H and O–H groups in total. The molecule has 4 rings (SSSR count). The Morgan fingerprint density at radius 3 is 2.61 bits per heavy atom. The molecule has 9 heteroatoms. The lowest BCUT2D eigenvalue weighted by atomic mass is 10.1. The van der Waals surface area contributed by atoms with Gasteiger partial charge in [0.1, 0.15) is 23.5 Å². The molecule has 0 saturated carbocycles. The highest BCUT2D eigenvalue weighted by Gasteiger charge is 2.36. The van der Waals surface area contributed by atoms with E-state index >= 15 is 0 Å². The summed E-state index contributed by atoms with van der Waals surface area (Å²) in [5.41, 5.74) is 0.785. The smallest absolute Gasteiger partial charge is 0.249 e. The van der Waals surface area contributed by atoms with Crippen LogP contribution in [0.1, 0.15) is 30.3 Å². The minimum Gasteiger partial charge on any atom is -0.337 e. The molecule has 1 aliphatic heterocycles. The fourth-order valence-electron chi connectivity index (χ4n) is 3.21.